The number of likely N-dealkylation sites (tertiary alicyclic amines) is 1. The van der Waals surface area contributed by atoms with E-state index in [1.54, 1.807) is 17.5 Å². The van der Waals surface area contributed by atoms with Crippen LogP contribution in [0.5, 0.6) is 5.88 Å². The van der Waals surface area contributed by atoms with Gasteiger partial charge in [0.15, 0.2) is 0 Å². The van der Waals surface area contributed by atoms with Crippen LogP contribution in [0.4, 0.5) is 0 Å². The maximum absolute atomic E-state index is 6.10. The maximum atomic E-state index is 6.10. The normalized spacial score (nSPS) is 28.5. The zero-order chi connectivity index (χ0) is 14.8. The van der Waals surface area contributed by atoms with Gasteiger partial charge in [0.1, 0.15) is 17.2 Å². The fourth-order valence-electron chi connectivity index (χ4n) is 3.37. The van der Waals surface area contributed by atoms with Gasteiger partial charge in [-0.1, -0.05) is 6.07 Å². The minimum Gasteiger partial charge on any atom is -0.470 e. The van der Waals surface area contributed by atoms with Gasteiger partial charge in [-0.3, -0.25) is 4.90 Å². The molecule has 2 aliphatic heterocycles. The summed E-state index contributed by atoms with van der Waals surface area (Å²) in [6, 6.07) is 6.17. The highest BCUT2D eigenvalue weighted by atomic mass is 32.1. The van der Waals surface area contributed by atoms with E-state index in [4.69, 9.17) is 9.47 Å². The first-order valence-electron chi connectivity index (χ1n) is 7.72. The molecule has 0 spiro atoms. The monoisotopic (exact) mass is 317 g/mol. The van der Waals surface area contributed by atoms with Crippen LogP contribution >= 0.6 is 11.3 Å². The first kappa shape index (κ1) is 14.1. The molecule has 2 aliphatic rings. The highest BCUT2D eigenvalue weighted by Gasteiger charge is 2.45. The highest BCUT2D eigenvalue weighted by molar-refractivity contribution is 7.09. The highest BCUT2D eigenvalue weighted by Crippen LogP contribution is 2.32. The molecule has 4 heterocycles. The van der Waals surface area contributed by atoms with Crippen LogP contribution in [0, 0.1) is 0 Å². The van der Waals surface area contributed by atoms with E-state index in [9.17, 15) is 0 Å². The number of fused-ring (bicyclic) bond motifs is 1. The molecule has 2 aromatic rings. The summed E-state index contributed by atoms with van der Waals surface area (Å²) in [4.78, 5) is 11.1. The molecule has 2 fully saturated rings. The van der Waals surface area contributed by atoms with Gasteiger partial charge in [-0.2, -0.15) is 0 Å². The van der Waals surface area contributed by atoms with Crippen molar-refractivity contribution in [2.75, 3.05) is 13.2 Å². The average Bonchev–Trinajstić information content (AvgIpc) is 3.18. The van der Waals surface area contributed by atoms with Gasteiger partial charge in [-0.15, -0.1) is 11.3 Å². The lowest BCUT2D eigenvalue weighted by Gasteiger charge is -2.31. The Morgan fingerprint density at radius 1 is 1.32 bits per heavy atom. The fraction of sp³-hybridized carbons (Fsp3) is 0.500. The lowest BCUT2D eigenvalue weighted by Crippen LogP contribution is -2.42. The van der Waals surface area contributed by atoms with Crippen LogP contribution in [0.2, 0.25) is 0 Å². The molecule has 0 bridgehead atoms. The number of thiazole rings is 1. The summed E-state index contributed by atoms with van der Waals surface area (Å²) >= 11 is 1.71. The van der Waals surface area contributed by atoms with E-state index in [1.165, 1.54) is 0 Å². The summed E-state index contributed by atoms with van der Waals surface area (Å²) in [6.45, 7) is 2.57. The second-order valence-corrected chi connectivity index (χ2v) is 6.70. The van der Waals surface area contributed by atoms with Crippen molar-refractivity contribution in [3.8, 4) is 5.88 Å². The predicted molar refractivity (Wildman–Crippen MR) is 83.9 cm³/mol. The smallest absolute Gasteiger partial charge is 0.213 e. The van der Waals surface area contributed by atoms with Crippen LogP contribution in [0.3, 0.4) is 0 Å². The van der Waals surface area contributed by atoms with Crippen molar-refractivity contribution < 1.29 is 9.47 Å². The lowest BCUT2D eigenvalue weighted by atomic mass is 10.0. The molecule has 5 nitrogen and oxygen atoms in total. The number of ether oxygens (including phenoxy) is 2. The molecule has 0 aliphatic carbocycles. The summed E-state index contributed by atoms with van der Waals surface area (Å²) in [6.07, 6.45) is 6.09. The fourth-order valence-corrected chi connectivity index (χ4v) is 4.01. The van der Waals surface area contributed by atoms with Gasteiger partial charge in [0.2, 0.25) is 5.88 Å². The number of hydrogen-bond acceptors (Lipinski definition) is 6. The van der Waals surface area contributed by atoms with Crippen molar-refractivity contribution in [3.05, 3.63) is 41.0 Å². The summed E-state index contributed by atoms with van der Waals surface area (Å²) in [5, 5.41) is 3.19. The molecule has 0 unspecified atom stereocenters. The Morgan fingerprint density at radius 3 is 3.14 bits per heavy atom. The van der Waals surface area contributed by atoms with Crippen LogP contribution in [0.1, 0.15) is 17.8 Å². The van der Waals surface area contributed by atoms with Crippen LogP contribution in [0.15, 0.2) is 36.0 Å². The molecule has 0 radical (unpaired) electrons. The molecule has 116 valence electrons. The minimum absolute atomic E-state index is 0.0418. The van der Waals surface area contributed by atoms with Gasteiger partial charge < -0.3 is 9.47 Å². The zero-order valence-corrected chi connectivity index (χ0v) is 13.1. The van der Waals surface area contributed by atoms with Gasteiger partial charge in [0.25, 0.3) is 0 Å². The van der Waals surface area contributed by atoms with E-state index in [1.807, 2.05) is 29.8 Å². The van der Waals surface area contributed by atoms with Crippen LogP contribution in [-0.2, 0) is 11.3 Å². The largest absolute Gasteiger partial charge is 0.470 e. The van der Waals surface area contributed by atoms with Gasteiger partial charge in [-0.25, -0.2) is 9.97 Å². The molecule has 22 heavy (non-hydrogen) atoms. The number of aromatic nitrogens is 2. The Morgan fingerprint density at radius 2 is 2.32 bits per heavy atom. The van der Waals surface area contributed by atoms with Crippen LogP contribution in [0.25, 0.3) is 0 Å². The predicted octanol–water partition coefficient (Wildman–Crippen LogP) is 2.35. The Labute approximate surface area is 133 Å². The van der Waals surface area contributed by atoms with E-state index < -0.39 is 0 Å². The van der Waals surface area contributed by atoms with Gasteiger partial charge >= 0.3 is 0 Å². The Hall–Kier alpha value is -1.50. The van der Waals surface area contributed by atoms with Crippen molar-refractivity contribution in [2.45, 2.75) is 37.6 Å². The topological polar surface area (TPSA) is 47.5 Å². The first-order chi connectivity index (χ1) is 10.9. The van der Waals surface area contributed by atoms with Crippen LogP contribution in [-0.4, -0.2) is 46.3 Å². The molecule has 0 aromatic carbocycles. The molecule has 0 saturated carbocycles. The summed E-state index contributed by atoms with van der Waals surface area (Å²) < 4.78 is 12.1. The molecular formula is C16H19N3O2S. The number of rotatable bonds is 4. The van der Waals surface area contributed by atoms with Crippen molar-refractivity contribution >= 4 is 11.3 Å². The second kappa shape index (κ2) is 6.32. The van der Waals surface area contributed by atoms with Gasteiger partial charge in [-0.05, 0) is 18.9 Å². The zero-order valence-electron chi connectivity index (χ0n) is 12.3. The van der Waals surface area contributed by atoms with Crippen molar-refractivity contribution in [2.24, 2.45) is 0 Å². The number of hydrogen-bond donors (Lipinski definition) is 0. The summed E-state index contributed by atoms with van der Waals surface area (Å²) in [5.74, 6) is 0.677. The second-order valence-electron chi connectivity index (χ2n) is 5.72. The third-order valence-electron chi connectivity index (χ3n) is 4.32. The summed E-state index contributed by atoms with van der Waals surface area (Å²) in [5.41, 5.74) is 0. The van der Waals surface area contributed by atoms with E-state index in [-0.39, 0.29) is 12.2 Å². The van der Waals surface area contributed by atoms with E-state index in [2.05, 4.69) is 14.9 Å². The third kappa shape index (κ3) is 2.86. The van der Waals surface area contributed by atoms with Crippen molar-refractivity contribution in [1.82, 2.24) is 14.9 Å². The van der Waals surface area contributed by atoms with E-state index in [0.29, 0.717) is 11.9 Å². The maximum Gasteiger partial charge on any atom is 0.213 e. The minimum atomic E-state index is 0.0418. The summed E-state index contributed by atoms with van der Waals surface area (Å²) in [7, 11) is 0. The third-order valence-corrected chi connectivity index (χ3v) is 5.08. The van der Waals surface area contributed by atoms with E-state index >= 15 is 0 Å². The number of pyridine rings is 1. The Bertz CT molecular complexity index is 593. The molecule has 0 amide bonds. The Balaban J connectivity index is 1.50. The average molecular weight is 317 g/mol. The molecule has 2 aromatic heterocycles. The van der Waals surface area contributed by atoms with E-state index in [0.717, 1.165) is 37.5 Å². The molecule has 2 saturated heterocycles. The molecular weight excluding hydrogens is 298 g/mol. The first-order valence-corrected chi connectivity index (χ1v) is 8.60. The Kier molecular flexibility index (Phi) is 4.05. The molecule has 3 atom stereocenters. The van der Waals surface area contributed by atoms with Gasteiger partial charge in [0.05, 0.1) is 6.54 Å². The van der Waals surface area contributed by atoms with Crippen molar-refractivity contribution in [3.63, 3.8) is 0 Å². The molecule has 4 rings (SSSR count). The molecule has 0 N–H and O–H groups in total. The van der Waals surface area contributed by atoms with Crippen molar-refractivity contribution in [1.29, 1.82) is 0 Å². The lowest BCUT2D eigenvalue weighted by molar-refractivity contribution is -0.0479. The quantitative estimate of drug-likeness (QED) is 0.866. The SMILES string of the molecule is c1ccc(O[C@H]2CN(Cc3nccs3)[C@@H]3CCCO[C@H]23)nc1. The standard InChI is InChI=1S/C16H19N3O2S/c1-2-6-17-14(5-1)21-13-10-19(11-15-18-7-9-22-15)12-4-3-8-20-16(12)13/h1-2,5-7,9,12-13,16H,3-4,8,10-11H2/t12-,13+,16+/m1/s1. The van der Waals surface area contributed by atoms with Crippen LogP contribution < -0.4 is 4.74 Å². The van der Waals surface area contributed by atoms with Gasteiger partial charge in [0, 0.05) is 43.0 Å². The molecule has 6 heteroatoms. The number of nitrogens with zero attached hydrogens (tertiary/aromatic N) is 3.